The summed E-state index contributed by atoms with van der Waals surface area (Å²) in [6.07, 6.45) is 2.53. The molecule has 0 aliphatic rings. The molecule has 4 nitrogen and oxygen atoms in total. The molecule has 0 bridgehead atoms. The van der Waals surface area contributed by atoms with E-state index in [-0.39, 0.29) is 6.04 Å². The summed E-state index contributed by atoms with van der Waals surface area (Å²) in [5.74, 6) is 1.48. The van der Waals surface area contributed by atoms with Crippen molar-refractivity contribution in [2.75, 3.05) is 0 Å². The fourth-order valence-electron chi connectivity index (χ4n) is 1.79. The molecule has 0 aliphatic carbocycles. The Morgan fingerprint density at radius 3 is 2.63 bits per heavy atom. The molecule has 0 aromatic carbocycles. The van der Waals surface area contributed by atoms with E-state index in [0.717, 1.165) is 29.3 Å². The van der Waals surface area contributed by atoms with Gasteiger partial charge in [0.2, 0.25) is 0 Å². The fourth-order valence-corrected chi connectivity index (χ4v) is 1.79. The highest BCUT2D eigenvalue weighted by molar-refractivity contribution is 5.34. The summed E-state index contributed by atoms with van der Waals surface area (Å²) < 4.78 is 5.82. The third-order valence-corrected chi connectivity index (χ3v) is 2.86. The molecule has 0 amide bonds. The molecular weight excluding hydrogens is 238 g/mol. The van der Waals surface area contributed by atoms with Crippen LogP contribution in [0.3, 0.4) is 0 Å². The number of aryl methyl sites for hydroxylation is 2. The Labute approximate surface area is 113 Å². The molecule has 0 spiro atoms. The Morgan fingerprint density at radius 2 is 2.05 bits per heavy atom. The molecule has 2 aromatic heterocycles. The van der Waals surface area contributed by atoms with E-state index in [1.165, 1.54) is 0 Å². The first kappa shape index (κ1) is 13.5. The normalized spacial score (nSPS) is 12.2. The Kier molecular flexibility index (Phi) is 4.12. The predicted octanol–water partition coefficient (Wildman–Crippen LogP) is 3.16. The van der Waals surface area contributed by atoms with Gasteiger partial charge in [-0.2, -0.15) is 0 Å². The summed E-state index contributed by atoms with van der Waals surface area (Å²) in [6.45, 7) is 5.94. The third-order valence-electron chi connectivity index (χ3n) is 2.86. The third kappa shape index (κ3) is 3.29. The zero-order chi connectivity index (χ0) is 13.8. The second-order valence-corrected chi connectivity index (χ2v) is 4.56. The van der Waals surface area contributed by atoms with Crippen LogP contribution in [0.15, 0.2) is 30.5 Å². The summed E-state index contributed by atoms with van der Waals surface area (Å²) in [4.78, 5) is 8.75. The molecule has 0 radical (unpaired) electrons. The molecule has 0 unspecified atom stereocenters. The molecule has 0 saturated carbocycles. The molecule has 0 fully saturated rings. The molecule has 2 rings (SSSR count). The predicted molar refractivity (Wildman–Crippen MR) is 75.3 cm³/mol. The molecule has 2 aromatic rings. The lowest BCUT2D eigenvalue weighted by atomic mass is 10.2. The smallest absolute Gasteiger partial charge is 0.148 e. The summed E-state index contributed by atoms with van der Waals surface area (Å²) in [6, 6.07) is 7.58. The minimum atomic E-state index is -0.0682. The van der Waals surface area contributed by atoms with Crippen molar-refractivity contribution in [3.63, 3.8) is 0 Å². The molecular formula is C15H19N3O. The monoisotopic (exact) mass is 257 g/mol. The van der Waals surface area contributed by atoms with E-state index in [9.17, 15) is 0 Å². The largest absolute Gasteiger partial charge is 0.454 e. The highest BCUT2D eigenvalue weighted by Gasteiger charge is 2.07. The van der Waals surface area contributed by atoms with Crippen LogP contribution in [0.5, 0.6) is 11.5 Å². The average Bonchev–Trinajstić information content (AvgIpc) is 2.41. The Balaban J connectivity index is 2.21. The van der Waals surface area contributed by atoms with Gasteiger partial charge >= 0.3 is 0 Å². The van der Waals surface area contributed by atoms with Gasteiger partial charge in [0.05, 0.1) is 17.6 Å². The second-order valence-electron chi connectivity index (χ2n) is 4.56. The summed E-state index contributed by atoms with van der Waals surface area (Å²) in [5, 5.41) is 0. The maximum Gasteiger partial charge on any atom is 0.148 e. The van der Waals surface area contributed by atoms with Crippen molar-refractivity contribution < 1.29 is 4.74 Å². The van der Waals surface area contributed by atoms with Crippen LogP contribution in [0, 0.1) is 6.92 Å². The quantitative estimate of drug-likeness (QED) is 0.914. The molecule has 0 aliphatic heterocycles. The first-order chi connectivity index (χ1) is 9.10. The number of ether oxygens (including phenoxy) is 1. The van der Waals surface area contributed by atoms with E-state index >= 15 is 0 Å². The van der Waals surface area contributed by atoms with Crippen LogP contribution >= 0.6 is 0 Å². The van der Waals surface area contributed by atoms with Crippen molar-refractivity contribution in [3.05, 3.63) is 47.5 Å². The minimum Gasteiger partial charge on any atom is -0.454 e. The van der Waals surface area contributed by atoms with E-state index in [1.54, 1.807) is 6.20 Å². The van der Waals surface area contributed by atoms with E-state index in [4.69, 9.17) is 10.5 Å². The SMILES string of the molecule is CCc1nc(C)ccc1Oc1ccc([C@@H](C)N)nc1. The molecule has 2 N–H and O–H groups in total. The number of rotatable bonds is 4. The van der Waals surface area contributed by atoms with Crippen LogP contribution < -0.4 is 10.5 Å². The van der Waals surface area contributed by atoms with E-state index in [1.807, 2.05) is 38.1 Å². The van der Waals surface area contributed by atoms with Gasteiger partial charge in [-0.15, -0.1) is 0 Å². The fraction of sp³-hybridized carbons (Fsp3) is 0.333. The van der Waals surface area contributed by atoms with E-state index in [2.05, 4.69) is 16.9 Å². The molecule has 2 heterocycles. The van der Waals surface area contributed by atoms with Gasteiger partial charge < -0.3 is 10.5 Å². The van der Waals surface area contributed by atoms with Gasteiger partial charge in [0.15, 0.2) is 0 Å². The Morgan fingerprint density at radius 1 is 1.26 bits per heavy atom. The van der Waals surface area contributed by atoms with Crippen molar-refractivity contribution in [1.82, 2.24) is 9.97 Å². The van der Waals surface area contributed by atoms with Gasteiger partial charge in [-0.05, 0) is 44.5 Å². The zero-order valence-electron chi connectivity index (χ0n) is 11.6. The number of hydrogen-bond acceptors (Lipinski definition) is 4. The van der Waals surface area contributed by atoms with Crippen LogP contribution in [0.1, 0.15) is 37.0 Å². The second kappa shape index (κ2) is 5.80. The topological polar surface area (TPSA) is 61.0 Å². The lowest BCUT2D eigenvalue weighted by Gasteiger charge is -2.11. The van der Waals surface area contributed by atoms with Crippen LogP contribution in [0.4, 0.5) is 0 Å². The van der Waals surface area contributed by atoms with Crippen LogP contribution in [-0.4, -0.2) is 9.97 Å². The maximum absolute atomic E-state index is 5.82. The minimum absolute atomic E-state index is 0.0682. The highest BCUT2D eigenvalue weighted by atomic mass is 16.5. The molecule has 19 heavy (non-hydrogen) atoms. The van der Waals surface area contributed by atoms with Gasteiger partial charge in [0, 0.05) is 11.7 Å². The highest BCUT2D eigenvalue weighted by Crippen LogP contribution is 2.24. The first-order valence-electron chi connectivity index (χ1n) is 6.46. The number of nitrogens with zero attached hydrogens (tertiary/aromatic N) is 2. The van der Waals surface area contributed by atoms with Crippen LogP contribution in [-0.2, 0) is 6.42 Å². The summed E-state index contributed by atoms with van der Waals surface area (Å²) in [7, 11) is 0. The summed E-state index contributed by atoms with van der Waals surface area (Å²) >= 11 is 0. The lowest BCUT2D eigenvalue weighted by Crippen LogP contribution is -2.06. The Hall–Kier alpha value is -1.94. The van der Waals surface area contributed by atoms with Crippen molar-refractivity contribution in [2.45, 2.75) is 33.2 Å². The van der Waals surface area contributed by atoms with Gasteiger partial charge in [-0.25, -0.2) is 0 Å². The number of pyridine rings is 2. The van der Waals surface area contributed by atoms with Crippen molar-refractivity contribution in [2.24, 2.45) is 5.73 Å². The van der Waals surface area contributed by atoms with Gasteiger partial charge in [-0.3, -0.25) is 9.97 Å². The standard InChI is InChI=1S/C15H19N3O/c1-4-13-15(8-5-10(2)18-13)19-12-6-7-14(11(3)16)17-9-12/h5-9,11H,4,16H2,1-3H3/t11-/m1/s1. The van der Waals surface area contributed by atoms with E-state index < -0.39 is 0 Å². The summed E-state index contributed by atoms with van der Waals surface area (Å²) in [5.41, 5.74) is 8.57. The molecule has 1 atom stereocenters. The molecule has 100 valence electrons. The van der Waals surface area contributed by atoms with Gasteiger partial charge in [0.25, 0.3) is 0 Å². The van der Waals surface area contributed by atoms with E-state index in [0.29, 0.717) is 5.75 Å². The zero-order valence-corrected chi connectivity index (χ0v) is 11.6. The van der Waals surface area contributed by atoms with Crippen molar-refractivity contribution >= 4 is 0 Å². The first-order valence-corrected chi connectivity index (χ1v) is 6.46. The number of nitrogens with two attached hydrogens (primary N) is 1. The lowest BCUT2D eigenvalue weighted by molar-refractivity contribution is 0.469. The van der Waals surface area contributed by atoms with Crippen LogP contribution in [0.25, 0.3) is 0 Å². The van der Waals surface area contributed by atoms with Gasteiger partial charge in [0.1, 0.15) is 11.5 Å². The van der Waals surface area contributed by atoms with Crippen molar-refractivity contribution in [3.8, 4) is 11.5 Å². The number of aromatic nitrogens is 2. The van der Waals surface area contributed by atoms with Gasteiger partial charge in [-0.1, -0.05) is 6.92 Å². The van der Waals surface area contributed by atoms with Crippen molar-refractivity contribution in [1.29, 1.82) is 0 Å². The maximum atomic E-state index is 5.82. The molecule has 0 saturated heterocycles. The Bertz CT molecular complexity index is 550. The number of hydrogen-bond donors (Lipinski definition) is 1. The molecule has 4 heteroatoms. The van der Waals surface area contributed by atoms with Crippen LogP contribution in [0.2, 0.25) is 0 Å². The average molecular weight is 257 g/mol.